The molecule has 0 aliphatic carbocycles. The first-order chi connectivity index (χ1) is 6.29. The molecule has 72 valence electrons. The largest absolute Gasteiger partial charge is 0.380 e. The molecule has 1 aliphatic heterocycles. The number of nitrogens with zero attached hydrogens (tertiary/aromatic N) is 2. The maximum Gasteiger partial charge on any atom is 0.260 e. The molecule has 0 unspecified atom stereocenters. The van der Waals surface area contributed by atoms with Gasteiger partial charge in [0.1, 0.15) is 0 Å². The molecule has 1 aromatic heterocycles. The molecule has 2 atom stereocenters. The van der Waals surface area contributed by atoms with Gasteiger partial charge in [-0.3, -0.25) is 0 Å². The van der Waals surface area contributed by atoms with Gasteiger partial charge in [-0.25, -0.2) is 0 Å². The normalized spacial score (nSPS) is 28.1. The van der Waals surface area contributed by atoms with E-state index in [1.807, 2.05) is 0 Å². The van der Waals surface area contributed by atoms with Crippen molar-refractivity contribution in [3.8, 4) is 0 Å². The Morgan fingerprint density at radius 3 is 3.08 bits per heavy atom. The number of methoxy groups -OCH3 is 1. The molecule has 0 spiro atoms. The third-order valence-corrected chi connectivity index (χ3v) is 2.18. The molecule has 0 radical (unpaired) electrons. The quantitative estimate of drug-likeness (QED) is 0.656. The summed E-state index contributed by atoms with van der Waals surface area (Å²) in [6, 6.07) is 0.0785. The highest BCUT2D eigenvalue weighted by Gasteiger charge is 2.28. The van der Waals surface area contributed by atoms with E-state index >= 15 is 0 Å². The van der Waals surface area contributed by atoms with E-state index in [4.69, 9.17) is 15.0 Å². The van der Waals surface area contributed by atoms with Gasteiger partial charge in [0.25, 0.3) is 5.95 Å². The van der Waals surface area contributed by atoms with Crippen LogP contribution in [-0.4, -0.2) is 29.9 Å². The number of hydrogen-bond donors (Lipinski definition) is 2. The van der Waals surface area contributed by atoms with Crippen molar-refractivity contribution >= 4 is 5.95 Å². The van der Waals surface area contributed by atoms with E-state index in [-0.39, 0.29) is 18.1 Å². The van der Waals surface area contributed by atoms with E-state index in [9.17, 15) is 0 Å². The Morgan fingerprint density at radius 2 is 2.54 bits per heavy atom. The summed E-state index contributed by atoms with van der Waals surface area (Å²) in [4.78, 5) is 3.94. The van der Waals surface area contributed by atoms with Gasteiger partial charge in [-0.15, -0.1) is 0 Å². The Morgan fingerprint density at radius 1 is 1.69 bits per heavy atom. The molecule has 6 nitrogen and oxygen atoms in total. The Labute approximate surface area is 75.4 Å². The molecule has 2 heterocycles. The summed E-state index contributed by atoms with van der Waals surface area (Å²) in [5.41, 5.74) is 5.34. The fraction of sp³-hybridized carbons (Fsp3) is 0.714. The third kappa shape index (κ3) is 1.63. The lowest BCUT2D eigenvalue weighted by atomic mass is 10.2. The van der Waals surface area contributed by atoms with Crippen LogP contribution in [0.2, 0.25) is 0 Å². The summed E-state index contributed by atoms with van der Waals surface area (Å²) >= 11 is 0. The predicted molar refractivity (Wildman–Crippen MR) is 44.9 cm³/mol. The molecule has 0 bridgehead atoms. The van der Waals surface area contributed by atoms with Gasteiger partial charge in [0.15, 0.2) is 0 Å². The second kappa shape index (κ2) is 3.31. The lowest BCUT2D eigenvalue weighted by molar-refractivity contribution is 0.116. The van der Waals surface area contributed by atoms with Gasteiger partial charge in [0, 0.05) is 13.7 Å². The zero-order chi connectivity index (χ0) is 9.26. The number of nitrogen functional groups attached to an aromatic ring is 1. The number of anilines is 1. The van der Waals surface area contributed by atoms with Gasteiger partial charge in [-0.05, 0) is 11.6 Å². The van der Waals surface area contributed by atoms with E-state index in [2.05, 4.69) is 15.5 Å². The smallest absolute Gasteiger partial charge is 0.260 e. The average molecular weight is 184 g/mol. The minimum absolute atomic E-state index is 0.0785. The van der Waals surface area contributed by atoms with Crippen LogP contribution in [0.4, 0.5) is 5.95 Å². The minimum atomic E-state index is 0.0785. The SMILES string of the molecule is CO[C@@H]1CN[C@@H](c2nc(N)no2)C1. The highest BCUT2D eigenvalue weighted by molar-refractivity contribution is 5.12. The zero-order valence-corrected chi connectivity index (χ0v) is 7.36. The van der Waals surface area contributed by atoms with Crippen molar-refractivity contribution < 1.29 is 9.26 Å². The first-order valence-corrected chi connectivity index (χ1v) is 4.15. The van der Waals surface area contributed by atoms with E-state index < -0.39 is 0 Å². The van der Waals surface area contributed by atoms with Crippen LogP contribution in [0.15, 0.2) is 4.52 Å². The van der Waals surface area contributed by atoms with Gasteiger partial charge in [0.05, 0.1) is 12.1 Å². The summed E-state index contributed by atoms with van der Waals surface area (Å²) in [5.74, 6) is 0.717. The summed E-state index contributed by atoms with van der Waals surface area (Å²) in [6.45, 7) is 0.809. The maximum atomic E-state index is 5.34. The number of hydrogen-bond acceptors (Lipinski definition) is 6. The molecule has 1 aromatic rings. The second-order valence-corrected chi connectivity index (χ2v) is 3.05. The predicted octanol–water partition coefficient (Wildman–Crippen LogP) is -0.299. The maximum absolute atomic E-state index is 5.34. The molecule has 0 amide bonds. The van der Waals surface area contributed by atoms with Crippen molar-refractivity contribution in [1.29, 1.82) is 0 Å². The van der Waals surface area contributed by atoms with Gasteiger partial charge >= 0.3 is 0 Å². The highest BCUT2D eigenvalue weighted by Crippen LogP contribution is 2.23. The lowest BCUT2D eigenvalue weighted by Gasteiger charge is -2.03. The number of ether oxygens (including phenoxy) is 1. The second-order valence-electron chi connectivity index (χ2n) is 3.05. The average Bonchev–Trinajstić information content (AvgIpc) is 2.71. The summed E-state index contributed by atoms with van der Waals surface area (Å²) in [6.07, 6.45) is 1.07. The number of rotatable bonds is 2. The van der Waals surface area contributed by atoms with Gasteiger partial charge < -0.3 is 20.3 Å². The first kappa shape index (κ1) is 8.46. The monoisotopic (exact) mass is 184 g/mol. The van der Waals surface area contributed by atoms with Gasteiger partial charge in [-0.1, -0.05) is 0 Å². The lowest BCUT2D eigenvalue weighted by Crippen LogP contribution is -2.16. The van der Waals surface area contributed by atoms with Crippen LogP contribution in [0.1, 0.15) is 18.4 Å². The van der Waals surface area contributed by atoms with Crippen LogP contribution < -0.4 is 11.1 Å². The third-order valence-electron chi connectivity index (χ3n) is 2.18. The molecular weight excluding hydrogens is 172 g/mol. The molecule has 1 fully saturated rings. The summed E-state index contributed by atoms with van der Waals surface area (Å²) in [5, 5.41) is 6.73. The van der Waals surface area contributed by atoms with Crippen molar-refractivity contribution in [2.75, 3.05) is 19.4 Å². The van der Waals surface area contributed by atoms with Crippen LogP contribution in [0.25, 0.3) is 0 Å². The standard InChI is InChI=1S/C7H12N4O2/c1-12-4-2-5(9-3-4)6-10-7(8)11-13-6/h4-5,9H,2-3H2,1H3,(H2,8,11)/t4-,5+/m0/s1. The molecule has 1 aliphatic rings. The molecule has 13 heavy (non-hydrogen) atoms. The Kier molecular flexibility index (Phi) is 2.15. The zero-order valence-electron chi connectivity index (χ0n) is 7.36. The van der Waals surface area contributed by atoms with Crippen LogP contribution >= 0.6 is 0 Å². The first-order valence-electron chi connectivity index (χ1n) is 4.15. The van der Waals surface area contributed by atoms with Crippen molar-refractivity contribution in [1.82, 2.24) is 15.5 Å². The summed E-state index contributed by atoms with van der Waals surface area (Å²) < 4.78 is 10.1. The molecule has 1 saturated heterocycles. The van der Waals surface area contributed by atoms with E-state index in [0.717, 1.165) is 13.0 Å². The number of nitrogens with one attached hydrogen (secondary N) is 1. The molecule has 2 rings (SSSR count). The van der Waals surface area contributed by atoms with Crippen LogP contribution in [-0.2, 0) is 4.74 Å². The van der Waals surface area contributed by atoms with Crippen molar-refractivity contribution in [2.45, 2.75) is 18.6 Å². The van der Waals surface area contributed by atoms with Gasteiger partial charge in [-0.2, -0.15) is 4.98 Å². The Balaban J connectivity index is 2.03. The van der Waals surface area contributed by atoms with Crippen molar-refractivity contribution in [3.05, 3.63) is 5.89 Å². The Hall–Kier alpha value is -1.14. The summed E-state index contributed by atoms with van der Waals surface area (Å²) in [7, 11) is 1.69. The number of nitrogens with two attached hydrogens (primary N) is 1. The highest BCUT2D eigenvalue weighted by atomic mass is 16.5. The minimum Gasteiger partial charge on any atom is -0.380 e. The van der Waals surface area contributed by atoms with Crippen LogP contribution in [0.5, 0.6) is 0 Å². The molecular formula is C7H12N4O2. The van der Waals surface area contributed by atoms with Gasteiger partial charge in [0.2, 0.25) is 5.89 Å². The van der Waals surface area contributed by atoms with E-state index in [1.165, 1.54) is 0 Å². The number of aromatic nitrogens is 2. The topological polar surface area (TPSA) is 86.2 Å². The molecule has 6 heteroatoms. The van der Waals surface area contributed by atoms with Crippen LogP contribution in [0.3, 0.4) is 0 Å². The molecule has 3 N–H and O–H groups in total. The fourth-order valence-corrected chi connectivity index (χ4v) is 1.46. The van der Waals surface area contributed by atoms with Crippen molar-refractivity contribution in [2.24, 2.45) is 0 Å². The fourth-order valence-electron chi connectivity index (χ4n) is 1.46. The van der Waals surface area contributed by atoms with Crippen LogP contribution in [0, 0.1) is 0 Å². The molecule has 0 saturated carbocycles. The Bertz CT molecular complexity index is 288. The van der Waals surface area contributed by atoms with Crippen molar-refractivity contribution in [3.63, 3.8) is 0 Å². The molecule has 0 aromatic carbocycles. The van der Waals surface area contributed by atoms with E-state index in [0.29, 0.717) is 5.89 Å². The van der Waals surface area contributed by atoms with E-state index in [1.54, 1.807) is 7.11 Å².